The Balaban J connectivity index is 1.72. The molecular weight excluding hydrogens is 224 g/mol. The molecule has 0 radical (unpaired) electrons. The maximum Gasteiger partial charge on any atom is 0.0812 e. The molecule has 0 N–H and O–H groups in total. The molecule has 6 fully saturated rings. The van der Waals surface area contributed by atoms with Crippen LogP contribution >= 0.6 is 0 Å². The van der Waals surface area contributed by atoms with E-state index in [1.807, 2.05) is 0 Å². The Kier molecular flexibility index (Phi) is 1.12. The smallest absolute Gasteiger partial charge is 0.0812 e. The molecule has 2 saturated carbocycles. The molecule has 0 amide bonds. The largest absolute Gasteiger partial charge is 0.107 e. The van der Waals surface area contributed by atoms with Gasteiger partial charge < -0.3 is 0 Å². The SMILES string of the molecule is C=C[Si]1(C)C2C3C4C1C1C2C3[Si](C)(C=C)C41. The van der Waals surface area contributed by atoms with E-state index in [4.69, 9.17) is 0 Å². The second kappa shape index (κ2) is 2.01. The van der Waals surface area contributed by atoms with Crippen molar-refractivity contribution in [3.05, 3.63) is 24.6 Å². The predicted octanol–water partition coefficient (Wildman–Crippen LogP) is 3.61. The van der Waals surface area contributed by atoms with E-state index in [9.17, 15) is 0 Å². The molecule has 84 valence electrons. The van der Waals surface area contributed by atoms with Gasteiger partial charge in [-0.15, -0.1) is 24.6 Å². The Morgan fingerprint density at radius 1 is 0.688 bits per heavy atom. The minimum absolute atomic E-state index is 1.02. The molecule has 0 aromatic carbocycles. The maximum atomic E-state index is 4.21. The van der Waals surface area contributed by atoms with Crippen LogP contribution in [0.2, 0.25) is 35.3 Å². The Morgan fingerprint density at radius 2 is 0.938 bits per heavy atom. The first-order valence-electron chi connectivity index (χ1n) is 6.88. The second-order valence-electron chi connectivity index (χ2n) is 7.55. The van der Waals surface area contributed by atoms with Gasteiger partial charge in [0.2, 0.25) is 0 Å². The molecule has 0 aromatic heterocycles. The van der Waals surface area contributed by atoms with Crippen molar-refractivity contribution in [1.82, 2.24) is 0 Å². The van der Waals surface area contributed by atoms with Crippen LogP contribution in [0, 0.1) is 23.7 Å². The average Bonchev–Trinajstić information content (AvgIpc) is 2.67. The van der Waals surface area contributed by atoms with Gasteiger partial charge in [-0.25, -0.2) is 0 Å². The van der Waals surface area contributed by atoms with Crippen LogP contribution in [0.15, 0.2) is 24.6 Å². The first-order chi connectivity index (χ1) is 7.61. The first kappa shape index (κ1) is 8.93. The van der Waals surface area contributed by atoms with E-state index < -0.39 is 16.1 Å². The molecule has 2 aliphatic carbocycles. The summed E-state index contributed by atoms with van der Waals surface area (Å²) < 4.78 is 0. The van der Waals surface area contributed by atoms with Gasteiger partial charge in [-0.1, -0.05) is 13.1 Å². The van der Waals surface area contributed by atoms with Crippen molar-refractivity contribution in [2.45, 2.75) is 35.3 Å². The van der Waals surface area contributed by atoms with Crippen molar-refractivity contribution in [3.63, 3.8) is 0 Å². The monoisotopic (exact) mass is 244 g/mol. The number of rotatable bonds is 2. The fourth-order valence-electron chi connectivity index (χ4n) is 7.85. The summed E-state index contributed by atoms with van der Waals surface area (Å²) in [5.41, 5.74) is 9.65. The summed E-state index contributed by atoms with van der Waals surface area (Å²) in [5.74, 6) is 4.70. The lowest BCUT2D eigenvalue weighted by Crippen LogP contribution is -2.48. The molecule has 4 bridgehead atoms. The quantitative estimate of drug-likeness (QED) is 0.651. The average molecular weight is 244 g/mol. The summed E-state index contributed by atoms with van der Waals surface area (Å²) in [7, 11) is -2.03. The molecule has 4 saturated heterocycles. The minimum atomic E-state index is -1.02. The zero-order valence-corrected chi connectivity index (χ0v) is 12.2. The Morgan fingerprint density at radius 3 is 1.12 bits per heavy atom. The fourth-order valence-corrected chi connectivity index (χ4v) is 20.7. The van der Waals surface area contributed by atoms with Crippen LogP contribution in [0.1, 0.15) is 0 Å². The third kappa shape index (κ3) is 0.475. The molecule has 0 atom stereocenters. The zero-order valence-electron chi connectivity index (χ0n) is 10.2. The van der Waals surface area contributed by atoms with Crippen molar-refractivity contribution < 1.29 is 0 Å². The van der Waals surface area contributed by atoms with E-state index in [0.29, 0.717) is 0 Å². The van der Waals surface area contributed by atoms with E-state index in [2.05, 4.69) is 37.7 Å². The van der Waals surface area contributed by atoms with Crippen LogP contribution in [0.3, 0.4) is 0 Å². The van der Waals surface area contributed by atoms with Gasteiger partial charge in [0.25, 0.3) is 0 Å². The van der Waals surface area contributed by atoms with Crippen molar-refractivity contribution in [3.8, 4) is 0 Å². The topological polar surface area (TPSA) is 0 Å². The van der Waals surface area contributed by atoms with Crippen LogP contribution in [-0.4, -0.2) is 16.1 Å². The summed E-state index contributed by atoms with van der Waals surface area (Å²) in [4.78, 5) is 0. The molecule has 0 unspecified atom stereocenters. The van der Waals surface area contributed by atoms with E-state index in [-0.39, 0.29) is 0 Å². The molecule has 4 heterocycles. The summed E-state index contributed by atoms with van der Waals surface area (Å²) in [5, 5.41) is 0. The lowest BCUT2D eigenvalue weighted by Gasteiger charge is -2.60. The third-order valence-corrected chi connectivity index (χ3v) is 18.5. The lowest BCUT2D eigenvalue weighted by atomic mass is 9.45. The van der Waals surface area contributed by atoms with E-state index >= 15 is 0 Å². The highest BCUT2D eigenvalue weighted by molar-refractivity contribution is 6.95. The van der Waals surface area contributed by atoms with Crippen molar-refractivity contribution >= 4 is 16.1 Å². The number of hydrogen-bond donors (Lipinski definition) is 0. The zero-order chi connectivity index (χ0) is 11.0. The molecule has 6 rings (SSSR count). The molecular formula is C14H20Si2. The van der Waals surface area contributed by atoms with Gasteiger partial charge in [0.05, 0.1) is 16.1 Å². The van der Waals surface area contributed by atoms with Gasteiger partial charge in [0.15, 0.2) is 0 Å². The van der Waals surface area contributed by atoms with E-state index in [1.165, 1.54) is 45.8 Å². The van der Waals surface area contributed by atoms with Gasteiger partial charge in [-0.05, 0) is 45.8 Å². The predicted molar refractivity (Wildman–Crippen MR) is 72.6 cm³/mol. The standard InChI is InChI=1S/C14H20Si2/c1-5-15(3)11-7-8-12(15)10-9(11)13(7)16(4,6-2)14(8)10/h5-14H,1-2H2,3-4H3. The Bertz CT molecular complexity index is 368. The molecule has 2 heteroatoms. The molecule has 0 spiro atoms. The highest BCUT2D eigenvalue weighted by Gasteiger charge is 2.94. The first-order valence-corrected chi connectivity index (χ1v) is 12.3. The van der Waals surface area contributed by atoms with Crippen molar-refractivity contribution in [2.24, 2.45) is 23.7 Å². The summed E-state index contributed by atoms with van der Waals surface area (Å²) in [6, 6.07) is 0. The van der Waals surface area contributed by atoms with E-state index in [0.717, 1.165) is 0 Å². The normalized spacial score (nSPS) is 79.6. The highest BCUT2D eigenvalue weighted by Crippen LogP contribution is 3.00. The molecule has 16 heavy (non-hydrogen) atoms. The summed E-state index contributed by atoms with van der Waals surface area (Å²) in [6.07, 6.45) is 0. The summed E-state index contributed by atoms with van der Waals surface area (Å²) in [6.45, 7) is 13.7. The van der Waals surface area contributed by atoms with Crippen LogP contribution < -0.4 is 0 Å². The Hall–Kier alpha value is -0.0862. The van der Waals surface area contributed by atoms with Crippen LogP contribution in [0.25, 0.3) is 0 Å². The fraction of sp³-hybridized carbons (Fsp3) is 0.714. The Labute approximate surface area is 99.8 Å². The molecule has 0 nitrogen and oxygen atoms in total. The second-order valence-corrected chi connectivity index (χ2v) is 16.5. The lowest BCUT2D eigenvalue weighted by molar-refractivity contribution is -0.0323. The third-order valence-electron chi connectivity index (χ3n) is 7.96. The van der Waals surface area contributed by atoms with Gasteiger partial charge in [-0.2, -0.15) is 0 Å². The van der Waals surface area contributed by atoms with E-state index in [1.54, 1.807) is 0 Å². The van der Waals surface area contributed by atoms with Gasteiger partial charge >= 0.3 is 0 Å². The highest BCUT2D eigenvalue weighted by atomic mass is 28.3. The summed E-state index contributed by atoms with van der Waals surface area (Å²) >= 11 is 0. The van der Waals surface area contributed by atoms with Crippen LogP contribution in [0.5, 0.6) is 0 Å². The molecule has 0 aromatic rings. The minimum Gasteiger partial charge on any atom is -0.107 e. The maximum absolute atomic E-state index is 4.21. The van der Waals surface area contributed by atoms with Gasteiger partial charge in [0, 0.05) is 0 Å². The number of hydrogen-bond acceptors (Lipinski definition) is 0. The van der Waals surface area contributed by atoms with Crippen molar-refractivity contribution in [2.75, 3.05) is 0 Å². The molecule has 4 aliphatic heterocycles. The van der Waals surface area contributed by atoms with Crippen LogP contribution in [-0.2, 0) is 0 Å². The van der Waals surface area contributed by atoms with Crippen molar-refractivity contribution in [1.29, 1.82) is 0 Å². The molecule has 6 aliphatic rings. The van der Waals surface area contributed by atoms with Gasteiger partial charge in [0.1, 0.15) is 0 Å². The van der Waals surface area contributed by atoms with Gasteiger partial charge in [-0.3, -0.25) is 0 Å². The van der Waals surface area contributed by atoms with Crippen LogP contribution in [0.4, 0.5) is 0 Å².